The van der Waals surface area contributed by atoms with Crippen LogP contribution in [0.2, 0.25) is 0 Å². The van der Waals surface area contributed by atoms with Gasteiger partial charge < -0.3 is 48.5 Å². The molecule has 0 saturated carbocycles. The quantitative estimate of drug-likeness (QED) is 0.0541. The monoisotopic (exact) mass is 503 g/mol. The summed E-state index contributed by atoms with van der Waals surface area (Å²) in [4.78, 5) is 63.8. The number of guanidine groups is 1. The van der Waals surface area contributed by atoms with Gasteiger partial charge in [-0.1, -0.05) is 20.3 Å². The number of nitrogens with zero attached hydrogens (tertiary/aromatic N) is 1. The number of aliphatic carboxylic acids is 2. The molecule has 0 bridgehead atoms. The molecule has 0 aliphatic carbocycles. The van der Waals surface area contributed by atoms with E-state index >= 15 is 0 Å². The molecule has 0 aromatic rings. The Balaban J connectivity index is 5.36. The number of aliphatic hydroxyl groups excluding tert-OH is 1. The molecule has 0 radical (unpaired) electrons. The molecule has 15 heteroatoms. The Morgan fingerprint density at radius 2 is 1.43 bits per heavy atom. The van der Waals surface area contributed by atoms with Crippen LogP contribution >= 0.6 is 0 Å². The second-order valence-electron chi connectivity index (χ2n) is 8.00. The Morgan fingerprint density at radius 1 is 0.886 bits per heavy atom. The molecule has 0 heterocycles. The number of aliphatic imine (C=N–C) groups is 1. The largest absolute Gasteiger partial charge is 0.481 e. The van der Waals surface area contributed by atoms with Crippen molar-refractivity contribution >= 4 is 35.6 Å². The van der Waals surface area contributed by atoms with E-state index in [9.17, 15) is 34.2 Å². The second-order valence-corrected chi connectivity index (χ2v) is 8.00. The summed E-state index contributed by atoms with van der Waals surface area (Å²) in [6, 6.07) is -5.22. The predicted octanol–water partition coefficient (Wildman–Crippen LogP) is -3.19. The third-order valence-electron chi connectivity index (χ3n) is 5.22. The number of hydrogen-bond donors (Lipinski definition) is 9. The Labute approximate surface area is 202 Å². The highest BCUT2D eigenvalue weighted by Gasteiger charge is 2.31. The SMILES string of the molecule is CCC(C)C(N)C(=O)NC(CO)C(=O)NC(CCC(=O)O)C(=O)NC(CCCN=C(N)N)C(=O)O. The van der Waals surface area contributed by atoms with Crippen LogP contribution < -0.4 is 33.2 Å². The number of carbonyl (C=O) groups excluding carboxylic acids is 3. The Kier molecular flexibility index (Phi) is 14.6. The second kappa shape index (κ2) is 16.2. The topological polar surface area (TPSA) is 273 Å². The summed E-state index contributed by atoms with van der Waals surface area (Å²) in [6.07, 6.45) is -0.114. The first-order valence-electron chi connectivity index (χ1n) is 11.1. The number of hydrogen-bond acceptors (Lipinski definition) is 8. The first-order valence-corrected chi connectivity index (χ1v) is 11.1. The number of aliphatic hydroxyl groups is 1. The summed E-state index contributed by atoms with van der Waals surface area (Å²) in [5.41, 5.74) is 16.2. The normalized spacial score (nSPS) is 15.0. The summed E-state index contributed by atoms with van der Waals surface area (Å²) in [7, 11) is 0. The van der Waals surface area contributed by atoms with Crippen molar-refractivity contribution in [2.24, 2.45) is 28.1 Å². The van der Waals surface area contributed by atoms with Gasteiger partial charge in [0, 0.05) is 13.0 Å². The minimum atomic E-state index is -1.47. The van der Waals surface area contributed by atoms with E-state index in [1.54, 1.807) is 6.92 Å². The van der Waals surface area contributed by atoms with Crippen LogP contribution in [-0.4, -0.2) is 88.3 Å². The van der Waals surface area contributed by atoms with Crippen molar-refractivity contribution in [2.45, 2.75) is 70.1 Å². The molecule has 0 saturated heterocycles. The number of carboxylic acid groups (broad SMARTS) is 2. The lowest BCUT2D eigenvalue weighted by Gasteiger charge is -2.25. The number of rotatable bonds is 17. The first-order chi connectivity index (χ1) is 16.3. The van der Waals surface area contributed by atoms with Crippen molar-refractivity contribution in [3.63, 3.8) is 0 Å². The van der Waals surface area contributed by atoms with E-state index in [2.05, 4.69) is 20.9 Å². The number of carbonyl (C=O) groups is 5. The molecule has 5 unspecified atom stereocenters. The first kappa shape index (κ1) is 31.5. The maximum atomic E-state index is 12.7. The van der Waals surface area contributed by atoms with Crippen LogP contribution in [0.25, 0.3) is 0 Å². The molecule has 200 valence electrons. The molecule has 12 N–H and O–H groups in total. The number of nitrogens with two attached hydrogens (primary N) is 3. The molecule has 0 spiro atoms. The van der Waals surface area contributed by atoms with E-state index in [0.29, 0.717) is 6.42 Å². The number of nitrogens with one attached hydrogen (secondary N) is 3. The van der Waals surface area contributed by atoms with E-state index in [-0.39, 0.29) is 37.7 Å². The molecule has 0 aromatic carbocycles. The Hall–Kier alpha value is -3.46. The van der Waals surface area contributed by atoms with Gasteiger partial charge in [-0.05, 0) is 25.2 Å². The standard InChI is InChI=1S/C20H37N7O8/c1-3-10(2)15(21)18(33)27-13(9-28)17(32)25-11(6-7-14(29)30)16(31)26-12(19(34)35)5-4-8-24-20(22)23/h10-13,15,28H,3-9,21H2,1-2H3,(H,25,32)(H,26,31)(H,27,33)(H,29,30)(H,34,35)(H4,22,23,24). The van der Waals surface area contributed by atoms with Gasteiger partial charge in [0.15, 0.2) is 5.96 Å². The van der Waals surface area contributed by atoms with Crippen molar-refractivity contribution < 1.29 is 39.3 Å². The van der Waals surface area contributed by atoms with Gasteiger partial charge in [0.1, 0.15) is 18.1 Å². The van der Waals surface area contributed by atoms with E-state index in [4.69, 9.17) is 22.3 Å². The molecule has 0 aromatic heterocycles. The van der Waals surface area contributed by atoms with Crippen LogP contribution in [-0.2, 0) is 24.0 Å². The molecule has 0 aliphatic heterocycles. The zero-order valence-corrected chi connectivity index (χ0v) is 19.9. The number of carboxylic acids is 2. The van der Waals surface area contributed by atoms with Gasteiger partial charge in [0.05, 0.1) is 12.6 Å². The van der Waals surface area contributed by atoms with Crippen LogP contribution in [0.15, 0.2) is 4.99 Å². The summed E-state index contributed by atoms with van der Waals surface area (Å²) in [5.74, 6) is -5.59. The molecule has 0 fully saturated rings. The fraction of sp³-hybridized carbons (Fsp3) is 0.700. The van der Waals surface area contributed by atoms with Crippen molar-refractivity contribution in [1.29, 1.82) is 0 Å². The average molecular weight is 504 g/mol. The average Bonchev–Trinajstić information content (AvgIpc) is 2.79. The van der Waals surface area contributed by atoms with Crippen LogP contribution in [0.4, 0.5) is 0 Å². The van der Waals surface area contributed by atoms with Gasteiger partial charge in [-0.15, -0.1) is 0 Å². The molecular formula is C20H37N7O8. The molecule has 0 aliphatic rings. The van der Waals surface area contributed by atoms with Crippen molar-refractivity contribution in [1.82, 2.24) is 16.0 Å². The van der Waals surface area contributed by atoms with E-state index < -0.39 is 66.9 Å². The minimum absolute atomic E-state index is 0.0414. The molecule has 5 atom stereocenters. The lowest BCUT2D eigenvalue weighted by molar-refractivity contribution is -0.143. The molecule has 15 nitrogen and oxygen atoms in total. The highest BCUT2D eigenvalue weighted by atomic mass is 16.4. The van der Waals surface area contributed by atoms with Crippen molar-refractivity contribution in [2.75, 3.05) is 13.2 Å². The number of amides is 3. The highest BCUT2D eigenvalue weighted by Crippen LogP contribution is 2.06. The van der Waals surface area contributed by atoms with E-state index in [1.807, 2.05) is 6.92 Å². The van der Waals surface area contributed by atoms with Crippen LogP contribution in [0, 0.1) is 5.92 Å². The Morgan fingerprint density at radius 3 is 1.91 bits per heavy atom. The van der Waals surface area contributed by atoms with Gasteiger partial charge in [-0.25, -0.2) is 4.79 Å². The van der Waals surface area contributed by atoms with Crippen molar-refractivity contribution in [3.05, 3.63) is 0 Å². The highest BCUT2D eigenvalue weighted by molar-refractivity contribution is 5.94. The summed E-state index contributed by atoms with van der Waals surface area (Å²) in [6.45, 7) is 2.87. The molecule has 3 amide bonds. The lowest BCUT2D eigenvalue weighted by atomic mass is 9.99. The van der Waals surface area contributed by atoms with E-state index in [1.165, 1.54) is 0 Å². The van der Waals surface area contributed by atoms with E-state index in [0.717, 1.165) is 0 Å². The smallest absolute Gasteiger partial charge is 0.326 e. The maximum absolute atomic E-state index is 12.7. The van der Waals surface area contributed by atoms with Gasteiger partial charge >= 0.3 is 11.9 Å². The molecular weight excluding hydrogens is 466 g/mol. The van der Waals surface area contributed by atoms with Gasteiger partial charge in [-0.2, -0.15) is 0 Å². The van der Waals surface area contributed by atoms with Crippen LogP contribution in [0.5, 0.6) is 0 Å². The van der Waals surface area contributed by atoms with Gasteiger partial charge in [0.2, 0.25) is 17.7 Å². The summed E-state index contributed by atoms with van der Waals surface area (Å²) >= 11 is 0. The zero-order chi connectivity index (χ0) is 27.1. The maximum Gasteiger partial charge on any atom is 0.326 e. The Bertz CT molecular complexity index is 773. The lowest BCUT2D eigenvalue weighted by Crippen LogP contribution is -2.58. The fourth-order valence-corrected chi connectivity index (χ4v) is 2.82. The van der Waals surface area contributed by atoms with Crippen LogP contribution in [0.3, 0.4) is 0 Å². The molecule has 35 heavy (non-hydrogen) atoms. The predicted molar refractivity (Wildman–Crippen MR) is 125 cm³/mol. The summed E-state index contributed by atoms with van der Waals surface area (Å²) in [5, 5.41) is 34.7. The van der Waals surface area contributed by atoms with Crippen LogP contribution in [0.1, 0.15) is 46.0 Å². The third kappa shape index (κ3) is 12.5. The van der Waals surface area contributed by atoms with Gasteiger partial charge in [0.25, 0.3) is 0 Å². The zero-order valence-electron chi connectivity index (χ0n) is 19.9. The minimum Gasteiger partial charge on any atom is -0.481 e. The third-order valence-corrected chi connectivity index (χ3v) is 5.22. The summed E-state index contributed by atoms with van der Waals surface area (Å²) < 4.78 is 0. The van der Waals surface area contributed by atoms with Gasteiger partial charge in [-0.3, -0.25) is 24.2 Å². The van der Waals surface area contributed by atoms with Crippen molar-refractivity contribution in [3.8, 4) is 0 Å². The molecule has 0 rings (SSSR count). The fourth-order valence-electron chi connectivity index (χ4n) is 2.82.